The molecule has 0 amide bonds. The molecule has 1 unspecified atom stereocenters. The van der Waals surface area contributed by atoms with Gasteiger partial charge in [-0.05, 0) is 18.9 Å². The number of benzene rings is 1. The van der Waals surface area contributed by atoms with Crippen molar-refractivity contribution >= 4 is 34.2 Å². The van der Waals surface area contributed by atoms with Gasteiger partial charge in [-0.25, -0.2) is 9.37 Å². The predicted octanol–water partition coefficient (Wildman–Crippen LogP) is 3.99. The van der Waals surface area contributed by atoms with E-state index >= 15 is 0 Å². The van der Waals surface area contributed by atoms with Crippen LogP contribution in [0.1, 0.15) is 18.7 Å². The minimum Gasteiger partial charge on any atom is -0.381 e. The van der Waals surface area contributed by atoms with Crippen molar-refractivity contribution in [3.63, 3.8) is 0 Å². The fourth-order valence-electron chi connectivity index (χ4n) is 2.69. The average Bonchev–Trinajstić information content (AvgIpc) is 2.78. The smallest absolute Gasteiger partial charge is 0.144 e. The van der Waals surface area contributed by atoms with E-state index in [0.717, 1.165) is 43.9 Å². The molecule has 2 heterocycles. The molecule has 0 spiro atoms. The van der Waals surface area contributed by atoms with E-state index in [4.69, 9.17) is 27.9 Å². The van der Waals surface area contributed by atoms with Crippen LogP contribution >= 0.6 is 23.2 Å². The highest BCUT2D eigenvalue weighted by molar-refractivity contribution is 6.31. The number of nitrogens with zero attached hydrogens (tertiary/aromatic N) is 2. The third-order valence-corrected chi connectivity index (χ3v) is 4.21. The normalized spacial score (nSPS) is 19.6. The minimum absolute atomic E-state index is 0.111. The van der Waals surface area contributed by atoms with Gasteiger partial charge in [-0.1, -0.05) is 11.6 Å². The quantitative estimate of drug-likeness (QED) is 0.800. The first-order chi connectivity index (χ1) is 9.69. The number of aromatic nitrogens is 2. The summed E-state index contributed by atoms with van der Waals surface area (Å²) in [5.41, 5.74) is 1.43. The Labute approximate surface area is 126 Å². The van der Waals surface area contributed by atoms with Crippen molar-refractivity contribution in [1.82, 2.24) is 9.55 Å². The molecule has 1 atom stereocenters. The van der Waals surface area contributed by atoms with Gasteiger partial charge in [0.25, 0.3) is 0 Å². The van der Waals surface area contributed by atoms with Gasteiger partial charge in [0, 0.05) is 25.1 Å². The van der Waals surface area contributed by atoms with E-state index in [0.29, 0.717) is 17.3 Å². The molecule has 0 N–H and O–H groups in total. The van der Waals surface area contributed by atoms with E-state index in [1.165, 1.54) is 6.07 Å². The fraction of sp³-hybridized carbons (Fsp3) is 0.500. The third kappa shape index (κ3) is 2.65. The molecule has 1 fully saturated rings. The molecule has 1 aliphatic rings. The maximum atomic E-state index is 13.5. The van der Waals surface area contributed by atoms with E-state index < -0.39 is 5.82 Å². The van der Waals surface area contributed by atoms with Crippen molar-refractivity contribution < 1.29 is 9.13 Å². The first-order valence-electron chi connectivity index (χ1n) is 6.67. The summed E-state index contributed by atoms with van der Waals surface area (Å²) in [6.45, 7) is 2.36. The summed E-state index contributed by atoms with van der Waals surface area (Å²) >= 11 is 11.8. The molecule has 0 bridgehead atoms. The number of imidazole rings is 1. The van der Waals surface area contributed by atoms with Crippen LogP contribution in [0.4, 0.5) is 4.39 Å². The van der Waals surface area contributed by atoms with Crippen LogP contribution in [0.5, 0.6) is 0 Å². The van der Waals surface area contributed by atoms with E-state index in [2.05, 4.69) is 4.98 Å². The Kier molecular flexibility index (Phi) is 4.15. The molecule has 0 aliphatic carbocycles. The molecule has 1 aliphatic heterocycles. The molecule has 1 aromatic heterocycles. The van der Waals surface area contributed by atoms with Crippen LogP contribution in [-0.2, 0) is 17.2 Å². The summed E-state index contributed by atoms with van der Waals surface area (Å²) in [6.07, 6.45) is 2.19. The molecule has 1 saturated heterocycles. The second-order valence-electron chi connectivity index (χ2n) is 5.11. The second-order valence-corrected chi connectivity index (χ2v) is 5.78. The van der Waals surface area contributed by atoms with E-state index in [-0.39, 0.29) is 5.02 Å². The minimum atomic E-state index is -0.453. The molecule has 0 saturated carbocycles. The van der Waals surface area contributed by atoms with Crippen LogP contribution in [0.2, 0.25) is 5.02 Å². The Hall–Kier alpha value is -0.840. The van der Waals surface area contributed by atoms with Gasteiger partial charge < -0.3 is 9.30 Å². The molecular weight excluding hydrogens is 302 g/mol. The van der Waals surface area contributed by atoms with Crippen molar-refractivity contribution in [2.45, 2.75) is 25.3 Å². The van der Waals surface area contributed by atoms with E-state index in [1.54, 1.807) is 6.07 Å². The van der Waals surface area contributed by atoms with Crippen LogP contribution in [0.25, 0.3) is 11.0 Å². The molecule has 2 aromatic rings. The molecule has 6 heteroatoms. The Morgan fingerprint density at radius 1 is 1.45 bits per heavy atom. The van der Waals surface area contributed by atoms with Crippen molar-refractivity contribution in [3.8, 4) is 0 Å². The van der Waals surface area contributed by atoms with Crippen LogP contribution in [0.15, 0.2) is 12.1 Å². The summed E-state index contributed by atoms with van der Waals surface area (Å²) in [5, 5.41) is 0.111. The van der Waals surface area contributed by atoms with Crippen molar-refractivity contribution in [3.05, 3.63) is 28.8 Å². The monoisotopic (exact) mass is 316 g/mol. The van der Waals surface area contributed by atoms with E-state index in [9.17, 15) is 4.39 Å². The zero-order valence-electron chi connectivity index (χ0n) is 10.9. The van der Waals surface area contributed by atoms with E-state index in [1.807, 2.05) is 4.57 Å². The Balaban J connectivity index is 2.00. The number of rotatable bonds is 3. The standard InChI is InChI=1S/C14H15Cl2FN2O/c15-6-14-18-12-5-11(17)10(16)4-13(12)19(14)7-9-2-1-3-20-8-9/h4-5,9H,1-3,6-8H2. The molecule has 3 rings (SSSR count). The SMILES string of the molecule is Fc1cc2nc(CCl)n(CC3CCCOC3)c2cc1Cl. The van der Waals surface area contributed by atoms with Gasteiger partial charge in [-0.15, -0.1) is 11.6 Å². The molecule has 108 valence electrons. The highest BCUT2D eigenvalue weighted by Crippen LogP contribution is 2.26. The van der Waals surface area contributed by atoms with Gasteiger partial charge in [0.05, 0.1) is 28.5 Å². The molecule has 0 radical (unpaired) electrons. The lowest BCUT2D eigenvalue weighted by Gasteiger charge is -2.23. The molecule has 20 heavy (non-hydrogen) atoms. The Morgan fingerprint density at radius 2 is 2.30 bits per heavy atom. The van der Waals surface area contributed by atoms with Crippen LogP contribution in [0, 0.1) is 11.7 Å². The zero-order valence-corrected chi connectivity index (χ0v) is 12.4. The lowest BCUT2D eigenvalue weighted by Crippen LogP contribution is -2.22. The third-order valence-electron chi connectivity index (χ3n) is 3.68. The lowest BCUT2D eigenvalue weighted by molar-refractivity contribution is 0.0485. The number of alkyl halides is 1. The first kappa shape index (κ1) is 14.1. The van der Waals surface area contributed by atoms with Gasteiger partial charge >= 0.3 is 0 Å². The lowest BCUT2D eigenvalue weighted by atomic mass is 10.0. The summed E-state index contributed by atoms with van der Waals surface area (Å²) in [7, 11) is 0. The molecule has 3 nitrogen and oxygen atoms in total. The van der Waals surface area contributed by atoms with Gasteiger partial charge in [0.2, 0.25) is 0 Å². The maximum Gasteiger partial charge on any atom is 0.144 e. The highest BCUT2D eigenvalue weighted by Gasteiger charge is 2.19. The predicted molar refractivity (Wildman–Crippen MR) is 77.8 cm³/mol. The highest BCUT2D eigenvalue weighted by atomic mass is 35.5. The largest absolute Gasteiger partial charge is 0.381 e. The zero-order chi connectivity index (χ0) is 14.1. The first-order valence-corrected chi connectivity index (χ1v) is 7.58. The van der Waals surface area contributed by atoms with Gasteiger partial charge in [-0.3, -0.25) is 0 Å². The number of fused-ring (bicyclic) bond motifs is 1. The van der Waals surface area contributed by atoms with Crippen molar-refractivity contribution in [1.29, 1.82) is 0 Å². The molecular formula is C14H15Cl2FN2O. The van der Waals surface area contributed by atoms with Crippen molar-refractivity contribution in [2.24, 2.45) is 5.92 Å². The maximum absolute atomic E-state index is 13.5. The van der Waals surface area contributed by atoms with Gasteiger partial charge in [-0.2, -0.15) is 0 Å². The average molecular weight is 317 g/mol. The van der Waals surface area contributed by atoms with Gasteiger partial charge in [0.1, 0.15) is 11.6 Å². The number of ether oxygens (including phenoxy) is 1. The topological polar surface area (TPSA) is 27.1 Å². The Morgan fingerprint density at radius 3 is 3.00 bits per heavy atom. The number of hydrogen-bond acceptors (Lipinski definition) is 2. The van der Waals surface area contributed by atoms with Crippen molar-refractivity contribution in [2.75, 3.05) is 13.2 Å². The second kappa shape index (κ2) is 5.88. The summed E-state index contributed by atoms with van der Waals surface area (Å²) in [4.78, 5) is 4.39. The van der Waals surface area contributed by atoms with Gasteiger partial charge in [0.15, 0.2) is 0 Å². The van der Waals surface area contributed by atoms with Crippen LogP contribution in [-0.4, -0.2) is 22.8 Å². The molecule has 1 aromatic carbocycles. The van der Waals surface area contributed by atoms with Crippen LogP contribution in [0.3, 0.4) is 0 Å². The summed E-state index contributed by atoms with van der Waals surface area (Å²) < 4.78 is 21.1. The number of halogens is 3. The fourth-order valence-corrected chi connectivity index (χ4v) is 3.05. The number of hydrogen-bond donors (Lipinski definition) is 0. The van der Waals surface area contributed by atoms with Crippen LogP contribution < -0.4 is 0 Å². The Bertz CT molecular complexity index is 623. The summed E-state index contributed by atoms with van der Waals surface area (Å²) in [5.74, 6) is 1.02. The summed E-state index contributed by atoms with van der Waals surface area (Å²) in [6, 6.07) is 2.99.